The van der Waals surface area contributed by atoms with E-state index in [1.165, 1.54) is 16.8 Å². The molecule has 0 aliphatic carbocycles. The van der Waals surface area contributed by atoms with Crippen molar-refractivity contribution in [3.63, 3.8) is 0 Å². The van der Waals surface area contributed by atoms with Crippen molar-refractivity contribution in [1.82, 2.24) is 4.98 Å². The second-order valence-electron chi connectivity index (χ2n) is 4.74. The number of aromatic nitrogens is 1. The molecule has 104 valence electrons. The largest absolute Gasteiger partial charge is 0.363 e. The average Bonchev–Trinajstić information content (AvgIpc) is 2.45. The van der Waals surface area contributed by atoms with E-state index in [0.29, 0.717) is 0 Å². The molecule has 1 aromatic heterocycles. The predicted octanol–water partition coefficient (Wildman–Crippen LogP) is 4.63. The Hall–Kier alpha value is -1.80. The Kier molecular flexibility index (Phi) is 5.19. The van der Waals surface area contributed by atoms with E-state index in [4.69, 9.17) is 11.6 Å². The highest BCUT2D eigenvalue weighted by atomic mass is 35.5. The van der Waals surface area contributed by atoms with Crippen molar-refractivity contribution in [1.29, 1.82) is 0 Å². The number of nitrogens with zero attached hydrogens (tertiary/aromatic N) is 2. The minimum Gasteiger partial charge on any atom is -0.363 e. The first kappa shape index (κ1) is 14.6. The van der Waals surface area contributed by atoms with E-state index in [2.05, 4.69) is 41.1 Å². The van der Waals surface area contributed by atoms with Gasteiger partial charge in [-0.15, -0.1) is 0 Å². The van der Waals surface area contributed by atoms with E-state index in [0.717, 1.165) is 18.1 Å². The lowest BCUT2D eigenvalue weighted by molar-refractivity contribution is 0.857. The Morgan fingerprint density at radius 2 is 2.15 bits per heavy atom. The SMILES string of the molecule is C/C=C/CN(Cc1cccnc1)c1ccc(Cl)cc1C. The molecule has 2 aromatic rings. The lowest BCUT2D eigenvalue weighted by Crippen LogP contribution is -2.23. The average molecular weight is 287 g/mol. The molecule has 2 rings (SSSR count). The number of benzene rings is 1. The summed E-state index contributed by atoms with van der Waals surface area (Å²) in [5.41, 5.74) is 3.59. The molecule has 0 spiro atoms. The van der Waals surface area contributed by atoms with Crippen LogP contribution in [0, 0.1) is 6.92 Å². The summed E-state index contributed by atoms with van der Waals surface area (Å²) in [4.78, 5) is 6.50. The summed E-state index contributed by atoms with van der Waals surface area (Å²) in [5.74, 6) is 0. The minimum atomic E-state index is 0.776. The summed E-state index contributed by atoms with van der Waals surface area (Å²) in [6.45, 7) is 5.83. The van der Waals surface area contributed by atoms with Crippen LogP contribution in [-0.4, -0.2) is 11.5 Å². The van der Waals surface area contributed by atoms with Crippen molar-refractivity contribution in [2.45, 2.75) is 20.4 Å². The van der Waals surface area contributed by atoms with E-state index < -0.39 is 0 Å². The van der Waals surface area contributed by atoms with Crippen LogP contribution in [0.3, 0.4) is 0 Å². The number of halogens is 1. The summed E-state index contributed by atoms with van der Waals surface area (Å²) >= 11 is 6.04. The van der Waals surface area contributed by atoms with Crippen LogP contribution in [0.15, 0.2) is 54.9 Å². The maximum atomic E-state index is 6.04. The fraction of sp³-hybridized carbons (Fsp3) is 0.235. The summed E-state index contributed by atoms with van der Waals surface area (Å²) < 4.78 is 0. The van der Waals surface area contributed by atoms with Gasteiger partial charge in [0.25, 0.3) is 0 Å². The Morgan fingerprint density at radius 1 is 1.30 bits per heavy atom. The van der Waals surface area contributed by atoms with Crippen molar-refractivity contribution in [3.05, 3.63) is 71.0 Å². The Morgan fingerprint density at radius 3 is 2.80 bits per heavy atom. The van der Waals surface area contributed by atoms with E-state index in [1.54, 1.807) is 6.20 Å². The molecule has 20 heavy (non-hydrogen) atoms. The molecular formula is C17H19ClN2. The highest BCUT2D eigenvalue weighted by Gasteiger charge is 2.09. The topological polar surface area (TPSA) is 16.1 Å². The molecular weight excluding hydrogens is 268 g/mol. The minimum absolute atomic E-state index is 0.776. The third-order valence-electron chi connectivity index (χ3n) is 3.16. The quantitative estimate of drug-likeness (QED) is 0.745. The normalized spacial score (nSPS) is 10.9. The molecule has 0 N–H and O–H groups in total. The van der Waals surface area contributed by atoms with Gasteiger partial charge in [0.1, 0.15) is 0 Å². The molecule has 0 radical (unpaired) electrons. The maximum absolute atomic E-state index is 6.04. The van der Waals surface area contributed by atoms with Crippen LogP contribution in [0.2, 0.25) is 5.02 Å². The molecule has 0 atom stereocenters. The van der Waals surface area contributed by atoms with Crippen molar-refractivity contribution >= 4 is 17.3 Å². The van der Waals surface area contributed by atoms with Gasteiger partial charge in [-0.3, -0.25) is 4.98 Å². The molecule has 0 unspecified atom stereocenters. The number of rotatable bonds is 5. The van der Waals surface area contributed by atoms with Crippen LogP contribution in [0.5, 0.6) is 0 Å². The van der Waals surface area contributed by atoms with Crippen molar-refractivity contribution < 1.29 is 0 Å². The van der Waals surface area contributed by atoms with E-state index in [9.17, 15) is 0 Å². The standard InChI is InChI=1S/C17H19ClN2/c1-3-4-10-20(13-15-6-5-9-19-12-15)17-8-7-16(18)11-14(17)2/h3-9,11-12H,10,13H2,1-2H3/b4-3+. The van der Waals surface area contributed by atoms with Crippen LogP contribution in [-0.2, 0) is 6.54 Å². The molecule has 1 aromatic carbocycles. The van der Waals surface area contributed by atoms with E-state index in [1.807, 2.05) is 31.3 Å². The van der Waals surface area contributed by atoms with Crippen molar-refractivity contribution in [2.24, 2.45) is 0 Å². The van der Waals surface area contributed by atoms with Gasteiger partial charge in [0.15, 0.2) is 0 Å². The zero-order chi connectivity index (χ0) is 14.4. The number of aryl methyl sites for hydroxylation is 1. The molecule has 3 heteroatoms. The van der Waals surface area contributed by atoms with Gasteiger partial charge < -0.3 is 4.90 Å². The van der Waals surface area contributed by atoms with E-state index >= 15 is 0 Å². The van der Waals surface area contributed by atoms with Gasteiger partial charge in [-0.05, 0) is 49.2 Å². The number of hydrogen-bond donors (Lipinski definition) is 0. The third kappa shape index (κ3) is 3.84. The molecule has 0 saturated carbocycles. The van der Waals surface area contributed by atoms with Gasteiger partial charge in [-0.2, -0.15) is 0 Å². The summed E-state index contributed by atoms with van der Waals surface area (Å²) in [6.07, 6.45) is 7.94. The number of allylic oxidation sites excluding steroid dienone is 1. The highest BCUT2D eigenvalue weighted by Crippen LogP contribution is 2.25. The Balaban J connectivity index is 2.27. The second-order valence-corrected chi connectivity index (χ2v) is 5.18. The van der Waals surface area contributed by atoms with Crippen molar-refractivity contribution in [3.8, 4) is 0 Å². The maximum Gasteiger partial charge on any atom is 0.0448 e. The zero-order valence-electron chi connectivity index (χ0n) is 11.9. The first-order valence-electron chi connectivity index (χ1n) is 6.72. The highest BCUT2D eigenvalue weighted by molar-refractivity contribution is 6.30. The second kappa shape index (κ2) is 7.11. The Bertz CT molecular complexity index is 579. The number of pyridine rings is 1. The molecule has 0 aliphatic rings. The summed E-state index contributed by atoms with van der Waals surface area (Å²) in [5, 5.41) is 0.776. The smallest absolute Gasteiger partial charge is 0.0448 e. The van der Waals surface area contributed by atoms with Gasteiger partial charge in [-0.25, -0.2) is 0 Å². The lowest BCUT2D eigenvalue weighted by atomic mass is 10.1. The number of anilines is 1. The third-order valence-corrected chi connectivity index (χ3v) is 3.39. The lowest BCUT2D eigenvalue weighted by Gasteiger charge is -2.25. The van der Waals surface area contributed by atoms with Crippen LogP contribution >= 0.6 is 11.6 Å². The van der Waals surface area contributed by atoms with Crippen LogP contribution in [0.4, 0.5) is 5.69 Å². The first-order chi connectivity index (χ1) is 9.70. The van der Waals surface area contributed by atoms with Gasteiger partial charge in [-0.1, -0.05) is 29.8 Å². The molecule has 2 nitrogen and oxygen atoms in total. The van der Waals surface area contributed by atoms with Crippen molar-refractivity contribution in [2.75, 3.05) is 11.4 Å². The predicted molar refractivity (Wildman–Crippen MR) is 86.3 cm³/mol. The van der Waals surface area contributed by atoms with Gasteiger partial charge in [0.2, 0.25) is 0 Å². The fourth-order valence-electron chi connectivity index (χ4n) is 2.17. The fourth-order valence-corrected chi connectivity index (χ4v) is 2.39. The summed E-state index contributed by atoms with van der Waals surface area (Å²) in [6, 6.07) is 10.1. The van der Waals surface area contributed by atoms with E-state index in [-0.39, 0.29) is 0 Å². The van der Waals surface area contributed by atoms with Gasteiger partial charge in [0.05, 0.1) is 0 Å². The summed E-state index contributed by atoms with van der Waals surface area (Å²) in [7, 11) is 0. The van der Waals surface area contributed by atoms with Gasteiger partial charge >= 0.3 is 0 Å². The molecule has 0 saturated heterocycles. The van der Waals surface area contributed by atoms with Gasteiger partial charge in [0, 0.05) is 36.2 Å². The van der Waals surface area contributed by atoms with Crippen LogP contribution in [0.1, 0.15) is 18.1 Å². The number of hydrogen-bond acceptors (Lipinski definition) is 2. The molecule has 0 aliphatic heterocycles. The zero-order valence-corrected chi connectivity index (χ0v) is 12.6. The Labute approximate surface area is 125 Å². The molecule has 0 bridgehead atoms. The molecule has 0 amide bonds. The van der Waals surface area contributed by atoms with Crippen LogP contribution in [0.25, 0.3) is 0 Å². The monoisotopic (exact) mass is 286 g/mol. The first-order valence-corrected chi connectivity index (χ1v) is 7.09. The molecule has 0 fully saturated rings. The van der Waals surface area contributed by atoms with Crippen LogP contribution < -0.4 is 4.90 Å². The molecule has 1 heterocycles.